The summed E-state index contributed by atoms with van der Waals surface area (Å²) in [4.78, 5) is 26.7. The summed E-state index contributed by atoms with van der Waals surface area (Å²) in [5, 5.41) is 5.23. The number of amides is 2. The lowest BCUT2D eigenvalue weighted by atomic mass is 10.2. The van der Waals surface area contributed by atoms with Crippen LogP contribution in [0, 0.1) is 0 Å². The molecule has 0 saturated carbocycles. The molecular formula is C13H18F3N5O2. The molecule has 1 aromatic rings. The molecule has 1 unspecified atom stereocenters. The SMILES string of the molecule is NC(=O)c1c[nH]c(C(=O)NCC(N2CCNCC2)C(F)(F)F)c1. The Hall–Kier alpha value is -2.07. The largest absolute Gasteiger partial charge is 0.405 e. The fourth-order valence-electron chi connectivity index (χ4n) is 2.40. The van der Waals surface area contributed by atoms with E-state index in [1.807, 2.05) is 0 Å². The zero-order valence-electron chi connectivity index (χ0n) is 12.2. The third-order valence-corrected chi connectivity index (χ3v) is 3.64. The van der Waals surface area contributed by atoms with Crippen LogP contribution in [0.1, 0.15) is 20.8 Å². The van der Waals surface area contributed by atoms with Crippen LogP contribution in [0.5, 0.6) is 0 Å². The number of nitrogens with one attached hydrogen (secondary N) is 3. The van der Waals surface area contributed by atoms with Crippen LogP contribution < -0.4 is 16.4 Å². The molecule has 5 N–H and O–H groups in total. The number of carbonyl (C=O) groups is 2. The molecular weight excluding hydrogens is 315 g/mol. The van der Waals surface area contributed by atoms with Gasteiger partial charge in [-0.3, -0.25) is 14.5 Å². The van der Waals surface area contributed by atoms with Crippen molar-refractivity contribution in [2.45, 2.75) is 12.2 Å². The molecule has 23 heavy (non-hydrogen) atoms. The molecule has 1 fully saturated rings. The molecule has 2 heterocycles. The number of halogens is 3. The highest BCUT2D eigenvalue weighted by Crippen LogP contribution is 2.24. The summed E-state index contributed by atoms with van der Waals surface area (Å²) in [5.41, 5.74) is 5.13. The predicted molar refractivity (Wildman–Crippen MR) is 75.9 cm³/mol. The number of alkyl halides is 3. The summed E-state index contributed by atoms with van der Waals surface area (Å²) < 4.78 is 39.6. The molecule has 0 bridgehead atoms. The smallest absolute Gasteiger partial charge is 0.366 e. The molecule has 7 nitrogen and oxygen atoms in total. The maximum Gasteiger partial charge on any atom is 0.405 e. The number of hydrogen-bond donors (Lipinski definition) is 4. The van der Waals surface area contributed by atoms with Gasteiger partial charge in [0.2, 0.25) is 5.91 Å². The van der Waals surface area contributed by atoms with Gasteiger partial charge in [0.05, 0.1) is 5.56 Å². The average Bonchev–Trinajstić information content (AvgIpc) is 2.97. The van der Waals surface area contributed by atoms with Crippen LogP contribution >= 0.6 is 0 Å². The minimum absolute atomic E-state index is 0.0139. The Labute approximate surface area is 130 Å². The van der Waals surface area contributed by atoms with Gasteiger partial charge in [0.1, 0.15) is 11.7 Å². The average molecular weight is 333 g/mol. The van der Waals surface area contributed by atoms with Crippen LogP contribution in [-0.4, -0.2) is 66.6 Å². The van der Waals surface area contributed by atoms with Crippen molar-refractivity contribution in [3.05, 3.63) is 23.5 Å². The molecule has 1 aliphatic rings. The number of aromatic amines is 1. The van der Waals surface area contributed by atoms with Gasteiger partial charge in [0, 0.05) is 38.9 Å². The fourth-order valence-corrected chi connectivity index (χ4v) is 2.40. The zero-order chi connectivity index (χ0) is 17.0. The fraction of sp³-hybridized carbons (Fsp3) is 0.538. The predicted octanol–water partition coefficient (Wildman–Crippen LogP) is -0.321. The first-order chi connectivity index (χ1) is 10.8. The van der Waals surface area contributed by atoms with E-state index in [9.17, 15) is 22.8 Å². The number of nitrogens with zero attached hydrogens (tertiary/aromatic N) is 1. The summed E-state index contributed by atoms with van der Waals surface area (Å²) in [7, 11) is 0. The van der Waals surface area contributed by atoms with Crippen molar-refractivity contribution in [2.24, 2.45) is 5.73 Å². The van der Waals surface area contributed by atoms with Gasteiger partial charge >= 0.3 is 6.18 Å². The first-order valence-electron chi connectivity index (χ1n) is 7.07. The van der Waals surface area contributed by atoms with E-state index in [-0.39, 0.29) is 24.3 Å². The van der Waals surface area contributed by atoms with Crippen molar-refractivity contribution < 1.29 is 22.8 Å². The van der Waals surface area contributed by atoms with Crippen molar-refractivity contribution in [1.29, 1.82) is 0 Å². The van der Waals surface area contributed by atoms with E-state index in [0.29, 0.717) is 13.1 Å². The van der Waals surface area contributed by atoms with Gasteiger partial charge in [-0.15, -0.1) is 0 Å². The molecule has 1 aliphatic heterocycles. The molecule has 128 valence electrons. The number of primary amides is 1. The normalized spacial score (nSPS) is 17.7. The van der Waals surface area contributed by atoms with E-state index in [2.05, 4.69) is 15.6 Å². The summed E-state index contributed by atoms with van der Waals surface area (Å²) in [5.74, 6) is -1.45. The lowest BCUT2D eigenvalue weighted by Crippen LogP contribution is -2.57. The maximum absolute atomic E-state index is 13.2. The lowest BCUT2D eigenvalue weighted by Gasteiger charge is -2.35. The molecule has 2 rings (SSSR count). The van der Waals surface area contributed by atoms with Gasteiger partial charge in [-0.2, -0.15) is 13.2 Å². The molecule has 1 atom stereocenters. The highest BCUT2D eigenvalue weighted by molar-refractivity contribution is 5.98. The number of piperazine rings is 1. The minimum atomic E-state index is -4.45. The Morgan fingerprint density at radius 1 is 1.35 bits per heavy atom. The molecule has 0 aliphatic carbocycles. The van der Waals surface area contributed by atoms with Crippen molar-refractivity contribution in [3.63, 3.8) is 0 Å². The van der Waals surface area contributed by atoms with Crippen molar-refractivity contribution in [2.75, 3.05) is 32.7 Å². The second-order valence-corrected chi connectivity index (χ2v) is 5.22. The third-order valence-electron chi connectivity index (χ3n) is 3.64. The van der Waals surface area contributed by atoms with Crippen LogP contribution in [0.25, 0.3) is 0 Å². The third kappa shape index (κ3) is 4.45. The van der Waals surface area contributed by atoms with Gasteiger partial charge in [-0.1, -0.05) is 0 Å². The molecule has 0 radical (unpaired) electrons. The van der Waals surface area contributed by atoms with Crippen LogP contribution in [-0.2, 0) is 0 Å². The van der Waals surface area contributed by atoms with E-state index in [1.54, 1.807) is 0 Å². The first kappa shape index (κ1) is 17.3. The van der Waals surface area contributed by atoms with E-state index in [1.165, 1.54) is 17.2 Å². The summed E-state index contributed by atoms with van der Waals surface area (Å²) in [6, 6.07) is -0.551. The Morgan fingerprint density at radius 2 is 2.00 bits per heavy atom. The van der Waals surface area contributed by atoms with Crippen LogP contribution in [0.2, 0.25) is 0 Å². The second-order valence-electron chi connectivity index (χ2n) is 5.22. The molecule has 10 heteroatoms. The molecule has 2 amide bonds. The Morgan fingerprint density at radius 3 is 2.52 bits per heavy atom. The minimum Gasteiger partial charge on any atom is -0.366 e. The van der Waals surface area contributed by atoms with Crippen molar-refractivity contribution in [3.8, 4) is 0 Å². The van der Waals surface area contributed by atoms with Crippen LogP contribution in [0.3, 0.4) is 0 Å². The topological polar surface area (TPSA) is 103 Å². The Bertz CT molecular complexity index is 566. The number of hydrogen-bond acceptors (Lipinski definition) is 4. The molecule has 0 spiro atoms. The quantitative estimate of drug-likeness (QED) is 0.593. The highest BCUT2D eigenvalue weighted by atomic mass is 19.4. The number of rotatable bonds is 5. The Balaban J connectivity index is 1.99. The molecule has 0 aromatic carbocycles. The van der Waals surface area contributed by atoms with E-state index in [0.717, 1.165) is 0 Å². The van der Waals surface area contributed by atoms with E-state index >= 15 is 0 Å². The second kappa shape index (κ2) is 7.01. The maximum atomic E-state index is 13.2. The van der Waals surface area contributed by atoms with Gasteiger partial charge in [0.25, 0.3) is 5.91 Å². The first-order valence-corrected chi connectivity index (χ1v) is 7.07. The monoisotopic (exact) mass is 333 g/mol. The number of H-pyrrole nitrogens is 1. The van der Waals surface area contributed by atoms with Gasteiger partial charge < -0.3 is 21.4 Å². The van der Waals surface area contributed by atoms with Crippen LogP contribution in [0.4, 0.5) is 13.2 Å². The Kier molecular flexibility index (Phi) is 5.26. The number of nitrogens with two attached hydrogens (primary N) is 1. The van der Waals surface area contributed by atoms with E-state index < -0.39 is 30.6 Å². The van der Waals surface area contributed by atoms with Crippen molar-refractivity contribution >= 4 is 11.8 Å². The molecule has 1 saturated heterocycles. The summed E-state index contributed by atoms with van der Waals surface area (Å²) >= 11 is 0. The number of aromatic nitrogens is 1. The lowest BCUT2D eigenvalue weighted by molar-refractivity contribution is -0.183. The summed E-state index contributed by atoms with van der Waals surface area (Å²) in [6.07, 6.45) is -3.21. The zero-order valence-corrected chi connectivity index (χ0v) is 12.2. The van der Waals surface area contributed by atoms with E-state index in [4.69, 9.17) is 5.73 Å². The standard InChI is InChI=1S/C13H18F3N5O2/c14-13(15,16)10(21-3-1-18-2-4-21)7-20-12(23)9-5-8(6-19-9)11(17)22/h5-6,10,18-19H,1-4,7H2,(H2,17,22)(H,20,23). The van der Waals surface area contributed by atoms with Crippen LogP contribution in [0.15, 0.2) is 12.3 Å². The highest BCUT2D eigenvalue weighted by Gasteiger charge is 2.43. The summed E-state index contributed by atoms with van der Waals surface area (Å²) in [6.45, 7) is 0.897. The van der Waals surface area contributed by atoms with Crippen molar-refractivity contribution in [1.82, 2.24) is 20.5 Å². The number of carbonyl (C=O) groups excluding carboxylic acids is 2. The molecule has 1 aromatic heterocycles. The van der Waals surface area contributed by atoms with Gasteiger partial charge in [0.15, 0.2) is 0 Å². The van der Waals surface area contributed by atoms with Gasteiger partial charge in [-0.25, -0.2) is 0 Å². The van der Waals surface area contributed by atoms with Gasteiger partial charge in [-0.05, 0) is 6.07 Å².